The lowest BCUT2D eigenvalue weighted by atomic mass is 10.2. The summed E-state index contributed by atoms with van der Waals surface area (Å²) in [7, 11) is -0.798. The van der Waals surface area contributed by atoms with Gasteiger partial charge in [0.05, 0.1) is 4.92 Å². The van der Waals surface area contributed by atoms with E-state index in [9.17, 15) is 14.3 Å². The molecule has 0 spiro atoms. The third-order valence-electron chi connectivity index (χ3n) is 3.39. The Bertz CT molecular complexity index is 735. The van der Waals surface area contributed by atoms with Gasteiger partial charge in [-0.05, 0) is 25.0 Å². The van der Waals surface area contributed by atoms with E-state index in [1.54, 1.807) is 18.4 Å². The Morgan fingerprint density at radius 1 is 1.25 bits per heavy atom. The summed E-state index contributed by atoms with van der Waals surface area (Å²) in [5.41, 5.74) is 1.66. The zero-order valence-electron chi connectivity index (χ0n) is 13.7. The molecule has 1 N–H and O–H groups in total. The first-order chi connectivity index (χ1) is 11.5. The highest BCUT2D eigenvalue weighted by Gasteiger charge is 2.09. The lowest BCUT2D eigenvalue weighted by Gasteiger charge is -2.09. The van der Waals surface area contributed by atoms with Gasteiger partial charge < -0.3 is 5.32 Å². The number of aryl methyl sites for hydroxylation is 1. The minimum absolute atomic E-state index is 0.0383. The maximum Gasteiger partial charge on any atom is 0.269 e. The molecule has 128 valence electrons. The van der Waals surface area contributed by atoms with Gasteiger partial charge in [0.25, 0.3) is 5.69 Å². The first kappa shape index (κ1) is 18.0. The van der Waals surface area contributed by atoms with E-state index in [1.165, 1.54) is 12.1 Å². The van der Waals surface area contributed by atoms with Crippen LogP contribution in [0.15, 0.2) is 30.3 Å². The number of anilines is 1. The Hall–Kier alpha value is -2.35. The van der Waals surface area contributed by atoms with Gasteiger partial charge in [-0.15, -0.1) is 0 Å². The molecule has 7 nitrogen and oxygen atoms in total. The Morgan fingerprint density at radius 3 is 2.54 bits per heavy atom. The average molecular weight is 348 g/mol. The predicted molar refractivity (Wildman–Crippen MR) is 95.5 cm³/mol. The van der Waals surface area contributed by atoms with Gasteiger partial charge in [-0.1, -0.05) is 6.92 Å². The molecule has 1 aromatic carbocycles. The minimum atomic E-state index is -0.798. The van der Waals surface area contributed by atoms with Crippen LogP contribution in [0.4, 0.5) is 11.5 Å². The first-order valence-corrected chi connectivity index (χ1v) is 9.39. The van der Waals surface area contributed by atoms with Crippen molar-refractivity contribution in [3.8, 4) is 11.4 Å². The molecule has 1 atom stereocenters. The number of nitrogens with zero attached hydrogens (tertiary/aromatic N) is 3. The third kappa shape index (κ3) is 5.09. The van der Waals surface area contributed by atoms with Crippen LogP contribution in [-0.4, -0.2) is 37.7 Å². The van der Waals surface area contributed by atoms with Crippen LogP contribution in [0.2, 0.25) is 0 Å². The van der Waals surface area contributed by atoms with E-state index in [1.807, 2.05) is 13.0 Å². The highest BCUT2D eigenvalue weighted by Crippen LogP contribution is 2.21. The number of hydrogen-bond acceptors (Lipinski definition) is 6. The zero-order valence-corrected chi connectivity index (χ0v) is 14.5. The summed E-state index contributed by atoms with van der Waals surface area (Å²) < 4.78 is 11.1. The molecule has 0 saturated carbocycles. The lowest BCUT2D eigenvalue weighted by molar-refractivity contribution is -0.384. The van der Waals surface area contributed by atoms with E-state index in [2.05, 4.69) is 15.3 Å². The lowest BCUT2D eigenvalue weighted by Crippen LogP contribution is -2.09. The molecule has 0 amide bonds. The van der Waals surface area contributed by atoms with E-state index in [0.717, 1.165) is 24.1 Å². The fourth-order valence-corrected chi connectivity index (χ4v) is 2.67. The summed E-state index contributed by atoms with van der Waals surface area (Å²) in [5.74, 6) is 1.89. The van der Waals surface area contributed by atoms with Crippen molar-refractivity contribution in [2.45, 2.75) is 19.8 Å². The number of nitro groups is 1. The molecule has 0 aliphatic rings. The Balaban J connectivity index is 2.18. The van der Waals surface area contributed by atoms with E-state index in [-0.39, 0.29) is 5.69 Å². The second kappa shape index (κ2) is 8.49. The molecule has 1 aromatic heterocycles. The van der Waals surface area contributed by atoms with Crippen LogP contribution in [0.1, 0.15) is 19.0 Å². The number of nitrogens with one attached hydrogen (secondary N) is 1. The smallest absolute Gasteiger partial charge is 0.269 e. The van der Waals surface area contributed by atoms with Crippen LogP contribution in [-0.2, 0) is 17.2 Å². The van der Waals surface area contributed by atoms with Crippen molar-refractivity contribution >= 4 is 22.3 Å². The number of nitro benzene ring substituents is 1. The number of aromatic nitrogens is 2. The molecule has 0 aliphatic carbocycles. The third-order valence-corrected chi connectivity index (χ3v) is 4.26. The van der Waals surface area contributed by atoms with Crippen LogP contribution in [0.3, 0.4) is 0 Å². The summed E-state index contributed by atoms with van der Waals surface area (Å²) >= 11 is 0. The minimum Gasteiger partial charge on any atom is -0.370 e. The first-order valence-electron chi connectivity index (χ1n) is 7.66. The molecule has 2 aromatic rings. The molecule has 2 rings (SSSR count). The van der Waals surface area contributed by atoms with Gasteiger partial charge in [0.15, 0.2) is 5.82 Å². The van der Waals surface area contributed by atoms with Crippen LogP contribution >= 0.6 is 0 Å². The largest absolute Gasteiger partial charge is 0.370 e. The van der Waals surface area contributed by atoms with Crippen LogP contribution in [0, 0.1) is 10.1 Å². The van der Waals surface area contributed by atoms with E-state index in [4.69, 9.17) is 0 Å². The van der Waals surface area contributed by atoms with E-state index in [0.29, 0.717) is 23.9 Å². The van der Waals surface area contributed by atoms with Crippen molar-refractivity contribution in [1.29, 1.82) is 0 Å². The van der Waals surface area contributed by atoms with Crippen molar-refractivity contribution in [3.63, 3.8) is 0 Å². The van der Waals surface area contributed by atoms with E-state index < -0.39 is 15.7 Å². The van der Waals surface area contributed by atoms with Gasteiger partial charge in [-0.2, -0.15) is 0 Å². The van der Waals surface area contributed by atoms with Crippen molar-refractivity contribution in [3.05, 3.63) is 46.1 Å². The highest BCUT2D eigenvalue weighted by atomic mass is 32.2. The summed E-state index contributed by atoms with van der Waals surface area (Å²) in [6.07, 6.45) is 3.24. The van der Waals surface area contributed by atoms with Crippen LogP contribution < -0.4 is 5.32 Å². The molecule has 0 saturated heterocycles. The van der Waals surface area contributed by atoms with Gasteiger partial charge in [-0.25, -0.2) is 9.97 Å². The Morgan fingerprint density at radius 2 is 1.96 bits per heavy atom. The second-order valence-corrected chi connectivity index (χ2v) is 6.84. The van der Waals surface area contributed by atoms with Gasteiger partial charge in [0.2, 0.25) is 0 Å². The van der Waals surface area contributed by atoms with Gasteiger partial charge in [0.1, 0.15) is 5.82 Å². The number of non-ortho nitro benzene ring substituents is 1. The van der Waals surface area contributed by atoms with E-state index >= 15 is 0 Å². The summed E-state index contributed by atoms with van der Waals surface area (Å²) in [6, 6.07) is 8.08. The zero-order chi connectivity index (χ0) is 17.5. The van der Waals surface area contributed by atoms with Crippen molar-refractivity contribution in [2.75, 3.05) is 23.9 Å². The number of benzene rings is 1. The predicted octanol–water partition coefficient (Wildman–Crippen LogP) is 2.79. The monoisotopic (exact) mass is 348 g/mol. The maximum absolute atomic E-state index is 11.1. The molecule has 0 fully saturated rings. The van der Waals surface area contributed by atoms with Gasteiger partial charge in [0, 0.05) is 58.8 Å². The quantitative estimate of drug-likeness (QED) is 0.447. The molecule has 8 heteroatoms. The fraction of sp³-hybridized carbons (Fsp3) is 0.375. The van der Waals surface area contributed by atoms with Crippen LogP contribution in [0.25, 0.3) is 11.4 Å². The molecular weight excluding hydrogens is 328 g/mol. The fourth-order valence-electron chi connectivity index (χ4n) is 2.12. The molecular formula is C16H20N4O3S. The number of hydrogen-bond donors (Lipinski definition) is 1. The second-order valence-electron chi connectivity index (χ2n) is 5.28. The average Bonchev–Trinajstić information content (AvgIpc) is 2.58. The molecule has 0 aliphatic heterocycles. The topological polar surface area (TPSA) is 98.0 Å². The van der Waals surface area contributed by atoms with Crippen molar-refractivity contribution < 1.29 is 9.13 Å². The SMILES string of the molecule is CCc1cc(NCCCS(C)=O)nc(-c2ccc([N+](=O)[O-])cc2)n1. The normalized spacial score (nSPS) is 11.9. The molecule has 0 bridgehead atoms. The molecule has 0 radical (unpaired) electrons. The van der Waals surface area contributed by atoms with Gasteiger partial charge >= 0.3 is 0 Å². The summed E-state index contributed by atoms with van der Waals surface area (Å²) in [4.78, 5) is 19.3. The van der Waals surface area contributed by atoms with Crippen LogP contribution in [0.5, 0.6) is 0 Å². The Kier molecular flexibility index (Phi) is 6.36. The molecule has 24 heavy (non-hydrogen) atoms. The standard InChI is InChI=1S/C16H20N4O3S/c1-3-13-11-15(17-9-4-10-24(2)23)19-16(18-13)12-5-7-14(8-6-12)20(21)22/h5-8,11H,3-4,9-10H2,1-2H3,(H,17,18,19). The van der Waals surface area contributed by atoms with Crippen molar-refractivity contribution in [1.82, 2.24) is 9.97 Å². The maximum atomic E-state index is 11.1. The number of rotatable bonds is 8. The highest BCUT2D eigenvalue weighted by molar-refractivity contribution is 7.84. The van der Waals surface area contributed by atoms with Gasteiger partial charge in [-0.3, -0.25) is 14.3 Å². The summed E-state index contributed by atoms with van der Waals surface area (Å²) in [6.45, 7) is 2.69. The van der Waals surface area contributed by atoms with Crippen molar-refractivity contribution in [2.24, 2.45) is 0 Å². The molecule has 1 unspecified atom stereocenters. The Labute approximate surface area is 143 Å². The summed E-state index contributed by atoms with van der Waals surface area (Å²) in [5, 5.41) is 14.0. The molecule has 1 heterocycles.